The van der Waals surface area contributed by atoms with E-state index in [9.17, 15) is 4.79 Å². The molecular weight excluding hydrogens is 361 g/mol. The SMILES string of the molecule is CC1C(N)=C(Nc2ncccn2)CCN1C(=O)c1ccc(Cl)cc1Cl. The molecule has 0 radical (unpaired) electrons. The van der Waals surface area contributed by atoms with Crippen molar-refractivity contribution in [1.29, 1.82) is 0 Å². The first kappa shape index (κ1) is 17.5. The quantitative estimate of drug-likeness (QED) is 0.856. The third-order valence-corrected chi connectivity index (χ3v) is 4.67. The number of amides is 1. The van der Waals surface area contributed by atoms with Crippen molar-refractivity contribution in [1.82, 2.24) is 14.9 Å². The van der Waals surface area contributed by atoms with Crippen LogP contribution in [0, 0.1) is 0 Å². The molecule has 0 bridgehead atoms. The van der Waals surface area contributed by atoms with Gasteiger partial charge in [-0.15, -0.1) is 0 Å². The Morgan fingerprint density at radius 3 is 2.72 bits per heavy atom. The van der Waals surface area contributed by atoms with E-state index in [1.54, 1.807) is 41.6 Å². The number of nitrogens with zero attached hydrogens (tertiary/aromatic N) is 3. The number of nitrogens with two attached hydrogens (primary N) is 1. The molecule has 130 valence electrons. The van der Waals surface area contributed by atoms with Gasteiger partial charge >= 0.3 is 0 Å². The number of aromatic nitrogens is 2. The summed E-state index contributed by atoms with van der Waals surface area (Å²) in [5.74, 6) is 0.306. The standard InChI is InChI=1S/C17H17Cl2N5O/c1-10-15(20)14(23-17-21-6-2-7-22-17)5-8-24(10)16(25)12-4-3-11(18)9-13(12)19/h2-4,6-7,9-10H,5,8,20H2,1H3,(H,21,22,23). The van der Waals surface area contributed by atoms with Gasteiger partial charge in [0.1, 0.15) is 0 Å². The molecule has 6 nitrogen and oxygen atoms in total. The molecule has 0 aliphatic carbocycles. The number of rotatable bonds is 3. The van der Waals surface area contributed by atoms with Crippen molar-refractivity contribution in [2.45, 2.75) is 19.4 Å². The van der Waals surface area contributed by atoms with Gasteiger partial charge in [0.25, 0.3) is 5.91 Å². The van der Waals surface area contributed by atoms with Gasteiger partial charge in [0.05, 0.1) is 22.3 Å². The minimum atomic E-state index is -0.279. The minimum Gasteiger partial charge on any atom is -0.399 e. The van der Waals surface area contributed by atoms with Crippen LogP contribution in [0.3, 0.4) is 0 Å². The fourth-order valence-electron chi connectivity index (χ4n) is 2.72. The fraction of sp³-hybridized carbons (Fsp3) is 0.235. The number of nitrogens with one attached hydrogen (secondary N) is 1. The average molecular weight is 378 g/mol. The molecule has 8 heteroatoms. The Hall–Kier alpha value is -2.31. The summed E-state index contributed by atoms with van der Waals surface area (Å²) in [6, 6.07) is 6.30. The number of anilines is 1. The van der Waals surface area contributed by atoms with Crippen molar-refractivity contribution in [3.63, 3.8) is 0 Å². The minimum absolute atomic E-state index is 0.174. The van der Waals surface area contributed by atoms with Crippen LogP contribution in [0.5, 0.6) is 0 Å². The Morgan fingerprint density at radius 2 is 2.04 bits per heavy atom. The van der Waals surface area contributed by atoms with Gasteiger partial charge in [0.2, 0.25) is 5.95 Å². The maximum absolute atomic E-state index is 12.8. The summed E-state index contributed by atoms with van der Waals surface area (Å²) in [6.07, 6.45) is 3.87. The first-order valence-electron chi connectivity index (χ1n) is 7.76. The smallest absolute Gasteiger partial charge is 0.255 e. The predicted molar refractivity (Wildman–Crippen MR) is 98.4 cm³/mol. The van der Waals surface area contributed by atoms with Crippen molar-refractivity contribution in [3.05, 3.63) is 63.7 Å². The van der Waals surface area contributed by atoms with E-state index in [4.69, 9.17) is 28.9 Å². The van der Waals surface area contributed by atoms with Crippen LogP contribution >= 0.6 is 23.2 Å². The number of hydrogen-bond donors (Lipinski definition) is 2. The van der Waals surface area contributed by atoms with E-state index in [0.717, 1.165) is 5.70 Å². The Morgan fingerprint density at radius 1 is 1.32 bits per heavy atom. The molecule has 0 saturated carbocycles. The lowest BCUT2D eigenvalue weighted by molar-refractivity contribution is 0.0705. The number of carbonyl (C=O) groups is 1. The first-order valence-corrected chi connectivity index (χ1v) is 8.51. The normalized spacial score (nSPS) is 17.6. The number of carbonyl (C=O) groups excluding carboxylic acids is 1. The van der Waals surface area contributed by atoms with E-state index < -0.39 is 0 Å². The average Bonchev–Trinajstić information content (AvgIpc) is 2.59. The zero-order chi connectivity index (χ0) is 18.0. The van der Waals surface area contributed by atoms with Gasteiger partial charge < -0.3 is 16.0 Å². The van der Waals surface area contributed by atoms with Crippen LogP contribution in [0.1, 0.15) is 23.7 Å². The highest BCUT2D eigenvalue weighted by atomic mass is 35.5. The van der Waals surface area contributed by atoms with Gasteiger partial charge in [0.15, 0.2) is 0 Å². The Kier molecular flexibility index (Phi) is 5.11. The van der Waals surface area contributed by atoms with Crippen molar-refractivity contribution in [3.8, 4) is 0 Å². The molecule has 0 fully saturated rings. The maximum atomic E-state index is 12.8. The van der Waals surface area contributed by atoms with Crippen LogP contribution in [0.15, 0.2) is 48.1 Å². The molecule has 3 N–H and O–H groups in total. The second-order valence-electron chi connectivity index (χ2n) is 5.68. The molecule has 1 atom stereocenters. The van der Waals surface area contributed by atoms with Gasteiger partial charge in [-0.25, -0.2) is 9.97 Å². The second-order valence-corrected chi connectivity index (χ2v) is 6.52. The molecule has 0 spiro atoms. The topological polar surface area (TPSA) is 84.1 Å². The molecule has 2 aromatic rings. The lowest BCUT2D eigenvalue weighted by Crippen LogP contribution is -2.46. The van der Waals surface area contributed by atoms with E-state index >= 15 is 0 Å². The summed E-state index contributed by atoms with van der Waals surface area (Å²) < 4.78 is 0. The molecule has 1 aromatic carbocycles. The second kappa shape index (κ2) is 7.29. The largest absolute Gasteiger partial charge is 0.399 e. The van der Waals surface area contributed by atoms with Crippen LogP contribution in [-0.2, 0) is 0 Å². The summed E-state index contributed by atoms with van der Waals surface area (Å²) >= 11 is 12.1. The highest BCUT2D eigenvalue weighted by Gasteiger charge is 2.30. The van der Waals surface area contributed by atoms with Crippen molar-refractivity contribution in [2.75, 3.05) is 11.9 Å². The fourth-order valence-corrected chi connectivity index (χ4v) is 3.21. The van der Waals surface area contributed by atoms with Gasteiger partial charge in [0, 0.05) is 36.1 Å². The molecule has 1 aliphatic rings. The number of benzene rings is 1. The molecule has 1 amide bonds. The summed E-state index contributed by atoms with van der Waals surface area (Å²) in [6.45, 7) is 2.39. The molecule has 1 aliphatic heterocycles. The van der Waals surface area contributed by atoms with Gasteiger partial charge in [-0.2, -0.15) is 0 Å². The first-order chi connectivity index (χ1) is 12.0. The van der Waals surface area contributed by atoms with Crippen molar-refractivity contribution >= 4 is 35.1 Å². The van der Waals surface area contributed by atoms with E-state index in [2.05, 4.69) is 15.3 Å². The summed E-state index contributed by atoms with van der Waals surface area (Å²) in [7, 11) is 0. The summed E-state index contributed by atoms with van der Waals surface area (Å²) in [4.78, 5) is 22.8. The molecule has 25 heavy (non-hydrogen) atoms. The van der Waals surface area contributed by atoms with Crippen molar-refractivity contribution < 1.29 is 4.79 Å². The highest BCUT2D eigenvalue weighted by molar-refractivity contribution is 6.36. The van der Waals surface area contributed by atoms with Crippen LogP contribution < -0.4 is 11.1 Å². The number of hydrogen-bond acceptors (Lipinski definition) is 5. The van der Waals surface area contributed by atoms with Crippen LogP contribution in [-0.4, -0.2) is 33.4 Å². The lowest BCUT2D eigenvalue weighted by Gasteiger charge is -2.35. The van der Waals surface area contributed by atoms with Gasteiger partial charge in [-0.05, 0) is 31.2 Å². The highest BCUT2D eigenvalue weighted by Crippen LogP contribution is 2.27. The Bertz CT molecular complexity index is 825. The monoisotopic (exact) mass is 377 g/mol. The van der Waals surface area contributed by atoms with E-state index in [1.807, 2.05) is 6.92 Å². The molecule has 0 saturated heterocycles. The predicted octanol–water partition coefficient (Wildman–Crippen LogP) is 3.30. The molecular formula is C17H17Cl2N5O. The Labute approximate surface area is 155 Å². The van der Waals surface area contributed by atoms with Gasteiger partial charge in [-0.3, -0.25) is 4.79 Å². The van der Waals surface area contributed by atoms with E-state index in [1.165, 1.54) is 0 Å². The van der Waals surface area contributed by atoms with Gasteiger partial charge in [-0.1, -0.05) is 23.2 Å². The zero-order valence-corrected chi connectivity index (χ0v) is 15.1. The Balaban J connectivity index is 1.81. The lowest BCUT2D eigenvalue weighted by atomic mass is 10.0. The molecule has 3 rings (SSSR count). The number of halogens is 2. The molecule has 1 aromatic heterocycles. The molecule has 1 unspecified atom stereocenters. The van der Waals surface area contributed by atoms with E-state index in [-0.39, 0.29) is 11.9 Å². The third-order valence-electron chi connectivity index (χ3n) is 4.12. The molecule has 2 heterocycles. The third kappa shape index (κ3) is 3.70. The summed E-state index contributed by atoms with van der Waals surface area (Å²) in [5.41, 5.74) is 8.07. The maximum Gasteiger partial charge on any atom is 0.255 e. The van der Waals surface area contributed by atoms with Crippen LogP contribution in [0.4, 0.5) is 5.95 Å². The van der Waals surface area contributed by atoms with E-state index in [0.29, 0.717) is 40.2 Å². The van der Waals surface area contributed by atoms with Crippen molar-refractivity contribution in [2.24, 2.45) is 5.73 Å². The van der Waals surface area contributed by atoms with Crippen LogP contribution in [0.2, 0.25) is 10.0 Å². The summed E-state index contributed by atoms with van der Waals surface area (Å²) in [5, 5.41) is 3.95. The van der Waals surface area contributed by atoms with Crippen LogP contribution in [0.25, 0.3) is 0 Å². The zero-order valence-electron chi connectivity index (χ0n) is 13.5.